The average molecular weight is 278 g/mol. The van der Waals surface area contributed by atoms with Crippen molar-refractivity contribution in [3.63, 3.8) is 0 Å². The second-order valence-electron chi connectivity index (χ2n) is 5.00. The fraction of sp³-hybridized carbons (Fsp3) is 0.333. The van der Waals surface area contributed by atoms with Gasteiger partial charge < -0.3 is 4.74 Å². The van der Waals surface area contributed by atoms with Crippen molar-refractivity contribution < 1.29 is 13.2 Å². The molecule has 0 saturated heterocycles. The van der Waals surface area contributed by atoms with E-state index < -0.39 is 9.84 Å². The number of ether oxygens (including phenoxy) is 1. The third-order valence-electron chi connectivity index (χ3n) is 2.16. The lowest BCUT2D eigenvalue weighted by molar-refractivity contribution is 0.317. The average Bonchev–Trinajstić information content (AvgIpc) is 2.34. The van der Waals surface area contributed by atoms with Crippen molar-refractivity contribution in [2.75, 3.05) is 7.11 Å². The van der Waals surface area contributed by atoms with Gasteiger partial charge in [0.15, 0.2) is 0 Å². The maximum atomic E-state index is 12.3. The van der Waals surface area contributed by atoms with E-state index in [1.165, 1.54) is 25.3 Å². The molecule has 0 bridgehead atoms. The number of hydrogen-bond donors (Lipinski definition) is 0. The molecule has 0 N–H and O–H groups in total. The summed E-state index contributed by atoms with van der Waals surface area (Å²) in [6, 6.07) is 8.15. The van der Waals surface area contributed by atoms with Gasteiger partial charge >= 0.3 is 0 Å². The summed E-state index contributed by atoms with van der Waals surface area (Å²) in [6.07, 6.45) is 1.30. The SMILES string of the molecule is CO/C(=C\C#CC(C)(C)C)S(=O)(=O)c1ccccc1. The van der Waals surface area contributed by atoms with Gasteiger partial charge in [-0.05, 0) is 32.9 Å². The van der Waals surface area contributed by atoms with Gasteiger partial charge in [-0.3, -0.25) is 0 Å². The van der Waals surface area contributed by atoms with E-state index in [4.69, 9.17) is 4.74 Å². The van der Waals surface area contributed by atoms with Crippen LogP contribution in [-0.4, -0.2) is 15.5 Å². The Morgan fingerprint density at radius 3 is 2.26 bits per heavy atom. The lowest BCUT2D eigenvalue weighted by atomic mass is 9.98. The zero-order valence-electron chi connectivity index (χ0n) is 11.6. The first-order valence-corrected chi connectivity index (χ1v) is 7.33. The van der Waals surface area contributed by atoms with Crippen molar-refractivity contribution in [2.45, 2.75) is 25.7 Å². The lowest BCUT2D eigenvalue weighted by Gasteiger charge is -2.07. The van der Waals surface area contributed by atoms with Crippen LogP contribution in [0.1, 0.15) is 20.8 Å². The van der Waals surface area contributed by atoms with Crippen LogP contribution in [0.15, 0.2) is 46.4 Å². The molecule has 1 aromatic rings. The van der Waals surface area contributed by atoms with E-state index in [1.54, 1.807) is 18.2 Å². The molecule has 0 saturated carbocycles. The fourth-order valence-electron chi connectivity index (χ4n) is 1.27. The van der Waals surface area contributed by atoms with Gasteiger partial charge in [0.25, 0.3) is 0 Å². The van der Waals surface area contributed by atoms with E-state index in [0.717, 1.165) is 0 Å². The predicted molar refractivity (Wildman–Crippen MR) is 76.0 cm³/mol. The van der Waals surface area contributed by atoms with Crippen LogP contribution in [0.2, 0.25) is 0 Å². The van der Waals surface area contributed by atoms with Crippen molar-refractivity contribution in [3.8, 4) is 11.8 Å². The molecule has 3 nitrogen and oxygen atoms in total. The molecule has 0 aromatic heterocycles. The third kappa shape index (κ3) is 4.46. The zero-order chi connectivity index (χ0) is 14.5. The standard InChI is InChI=1S/C15H18O3S/c1-15(2,3)12-8-11-14(18-4)19(16,17)13-9-6-5-7-10-13/h5-7,9-11H,1-4H3/b14-11+. The molecule has 0 spiro atoms. The van der Waals surface area contributed by atoms with Gasteiger partial charge in [0, 0.05) is 11.5 Å². The normalized spacial score (nSPS) is 12.5. The van der Waals surface area contributed by atoms with Crippen LogP contribution in [0.3, 0.4) is 0 Å². The summed E-state index contributed by atoms with van der Waals surface area (Å²) in [4.78, 5) is 0.195. The fourth-order valence-corrected chi connectivity index (χ4v) is 2.45. The van der Waals surface area contributed by atoms with Gasteiger partial charge in [-0.1, -0.05) is 30.0 Å². The summed E-state index contributed by atoms with van der Waals surface area (Å²) in [5.74, 6) is 5.68. The molecule has 0 unspecified atom stereocenters. The van der Waals surface area contributed by atoms with E-state index in [-0.39, 0.29) is 15.4 Å². The summed E-state index contributed by atoms with van der Waals surface area (Å²) >= 11 is 0. The van der Waals surface area contributed by atoms with Crippen LogP contribution < -0.4 is 0 Å². The molecule has 4 heteroatoms. The Labute approximate surface area is 115 Å². The minimum Gasteiger partial charge on any atom is -0.486 e. The van der Waals surface area contributed by atoms with E-state index in [0.29, 0.717) is 0 Å². The molecule has 0 heterocycles. The molecule has 1 aromatic carbocycles. The van der Waals surface area contributed by atoms with E-state index in [2.05, 4.69) is 11.8 Å². The molecule has 102 valence electrons. The molecule has 0 atom stereocenters. The minimum atomic E-state index is -3.63. The quantitative estimate of drug-likeness (QED) is 0.630. The van der Waals surface area contributed by atoms with Crippen LogP contribution in [0.5, 0.6) is 0 Å². The molecule has 19 heavy (non-hydrogen) atoms. The highest BCUT2D eigenvalue weighted by Crippen LogP contribution is 2.19. The number of benzene rings is 1. The topological polar surface area (TPSA) is 43.4 Å². The minimum absolute atomic E-state index is 0.143. The van der Waals surface area contributed by atoms with Crippen LogP contribution >= 0.6 is 0 Å². The van der Waals surface area contributed by atoms with Gasteiger partial charge in [-0.15, -0.1) is 0 Å². The van der Waals surface area contributed by atoms with Crippen LogP contribution in [-0.2, 0) is 14.6 Å². The van der Waals surface area contributed by atoms with E-state index in [9.17, 15) is 8.42 Å². The van der Waals surface area contributed by atoms with Gasteiger partial charge in [0.1, 0.15) is 0 Å². The number of rotatable bonds is 3. The summed E-state index contributed by atoms with van der Waals surface area (Å²) in [6.45, 7) is 5.85. The maximum Gasteiger partial charge on any atom is 0.239 e. The van der Waals surface area contributed by atoms with E-state index >= 15 is 0 Å². The summed E-state index contributed by atoms with van der Waals surface area (Å²) in [5, 5.41) is -0.143. The highest BCUT2D eigenvalue weighted by atomic mass is 32.2. The molecule has 1 rings (SSSR count). The summed E-state index contributed by atoms with van der Waals surface area (Å²) < 4.78 is 29.5. The van der Waals surface area contributed by atoms with Crippen LogP contribution in [0.25, 0.3) is 0 Å². The molecular formula is C15H18O3S. The molecule has 0 amide bonds. The Morgan fingerprint density at radius 2 is 1.79 bits per heavy atom. The highest BCUT2D eigenvalue weighted by Gasteiger charge is 2.20. The lowest BCUT2D eigenvalue weighted by Crippen LogP contribution is -2.06. The number of methoxy groups -OCH3 is 1. The molecule has 0 radical (unpaired) electrons. The van der Waals surface area contributed by atoms with Gasteiger partial charge in [0.05, 0.1) is 12.0 Å². The first kappa shape index (κ1) is 15.3. The molecule has 0 aliphatic heterocycles. The molecule has 0 aliphatic rings. The van der Waals surface area contributed by atoms with Crippen molar-refractivity contribution in [1.29, 1.82) is 0 Å². The number of allylic oxidation sites excluding steroid dienone is 1. The Balaban J connectivity index is 3.17. The summed E-state index contributed by atoms with van der Waals surface area (Å²) in [5.41, 5.74) is -0.189. The highest BCUT2D eigenvalue weighted by molar-refractivity contribution is 7.95. The molecule has 0 aliphatic carbocycles. The molecule has 0 fully saturated rings. The first-order valence-electron chi connectivity index (χ1n) is 5.84. The van der Waals surface area contributed by atoms with Crippen LogP contribution in [0, 0.1) is 17.3 Å². The zero-order valence-corrected chi connectivity index (χ0v) is 12.4. The second-order valence-corrected chi connectivity index (χ2v) is 6.88. The first-order chi connectivity index (χ1) is 8.77. The van der Waals surface area contributed by atoms with Crippen molar-refractivity contribution in [2.24, 2.45) is 5.41 Å². The largest absolute Gasteiger partial charge is 0.486 e. The Morgan fingerprint density at radius 1 is 1.21 bits per heavy atom. The smallest absolute Gasteiger partial charge is 0.239 e. The predicted octanol–water partition coefficient (Wildman–Crippen LogP) is 3.00. The van der Waals surface area contributed by atoms with Crippen LogP contribution in [0.4, 0.5) is 0 Å². The van der Waals surface area contributed by atoms with E-state index in [1.807, 2.05) is 20.8 Å². The number of sulfone groups is 1. The third-order valence-corrected chi connectivity index (χ3v) is 3.86. The Kier molecular flexibility index (Phi) is 4.79. The van der Waals surface area contributed by atoms with Crippen molar-refractivity contribution >= 4 is 9.84 Å². The molecular weight excluding hydrogens is 260 g/mol. The monoisotopic (exact) mass is 278 g/mol. The number of hydrogen-bond acceptors (Lipinski definition) is 3. The van der Waals surface area contributed by atoms with Crippen molar-refractivity contribution in [3.05, 3.63) is 41.5 Å². The summed E-state index contributed by atoms with van der Waals surface area (Å²) in [7, 11) is -2.31. The van der Waals surface area contributed by atoms with Gasteiger partial charge in [-0.25, -0.2) is 8.42 Å². The Hall–Kier alpha value is -1.73. The van der Waals surface area contributed by atoms with Gasteiger partial charge in [-0.2, -0.15) is 0 Å². The maximum absolute atomic E-state index is 12.3. The second kappa shape index (κ2) is 5.94. The van der Waals surface area contributed by atoms with Gasteiger partial charge in [0.2, 0.25) is 14.9 Å². The van der Waals surface area contributed by atoms with Crippen molar-refractivity contribution in [1.82, 2.24) is 0 Å². The Bertz CT molecular complexity index is 609.